The molecule has 2 unspecified atom stereocenters. The minimum atomic E-state index is -0.298. The van der Waals surface area contributed by atoms with Crippen LogP contribution in [0, 0.1) is 5.41 Å². The van der Waals surface area contributed by atoms with Crippen molar-refractivity contribution in [1.82, 2.24) is 10.6 Å². The van der Waals surface area contributed by atoms with Gasteiger partial charge >= 0.3 is 0 Å². The largest absolute Gasteiger partial charge is 0.378 e. The van der Waals surface area contributed by atoms with Gasteiger partial charge in [0.2, 0.25) is 0 Å². The number of ether oxygens (including phenoxy) is 1. The summed E-state index contributed by atoms with van der Waals surface area (Å²) in [7, 11) is 1.75. The van der Waals surface area contributed by atoms with E-state index in [2.05, 4.69) is 29.5 Å². The van der Waals surface area contributed by atoms with Crippen LogP contribution in [-0.4, -0.2) is 45.0 Å². The van der Waals surface area contributed by atoms with Crippen LogP contribution in [0.4, 0.5) is 4.39 Å². The lowest BCUT2D eigenvalue weighted by molar-refractivity contribution is -0.133. The van der Waals surface area contributed by atoms with Crippen molar-refractivity contribution in [2.24, 2.45) is 10.4 Å². The second-order valence-corrected chi connectivity index (χ2v) is 5.36. The molecule has 21 heavy (non-hydrogen) atoms. The summed E-state index contributed by atoms with van der Waals surface area (Å²) in [4.78, 5) is 4.22. The molecule has 1 aliphatic rings. The van der Waals surface area contributed by atoms with E-state index in [9.17, 15) is 4.39 Å². The van der Waals surface area contributed by atoms with Gasteiger partial charge in [0.1, 0.15) is 0 Å². The maximum Gasteiger partial charge on any atom is 0.191 e. The van der Waals surface area contributed by atoms with Crippen molar-refractivity contribution in [3.05, 3.63) is 0 Å². The zero-order valence-corrected chi connectivity index (χ0v) is 16.1. The SMILES string of the molecule is CCOC1CC(NC(=NC)NCCCF)C1(CC)CC.I. The molecule has 2 atom stereocenters. The van der Waals surface area contributed by atoms with E-state index in [0.29, 0.717) is 25.1 Å². The summed E-state index contributed by atoms with van der Waals surface area (Å²) in [5, 5.41) is 6.64. The minimum absolute atomic E-state index is 0. The summed E-state index contributed by atoms with van der Waals surface area (Å²) in [6.07, 6.45) is 4.04. The highest BCUT2D eigenvalue weighted by Gasteiger charge is 2.53. The van der Waals surface area contributed by atoms with E-state index >= 15 is 0 Å². The summed E-state index contributed by atoms with van der Waals surface area (Å²) in [5.74, 6) is 0.768. The first-order valence-corrected chi connectivity index (χ1v) is 7.83. The molecular formula is C15H31FIN3O. The van der Waals surface area contributed by atoms with Gasteiger partial charge in [-0.2, -0.15) is 0 Å². The Morgan fingerprint density at radius 1 is 1.33 bits per heavy atom. The Labute approximate surface area is 145 Å². The molecule has 4 nitrogen and oxygen atoms in total. The van der Waals surface area contributed by atoms with Gasteiger partial charge in [-0.25, -0.2) is 0 Å². The normalized spacial score (nSPS) is 24.0. The Morgan fingerprint density at radius 3 is 2.48 bits per heavy atom. The van der Waals surface area contributed by atoms with Crippen LogP contribution in [0.15, 0.2) is 4.99 Å². The molecule has 0 aromatic heterocycles. The molecule has 0 spiro atoms. The monoisotopic (exact) mass is 415 g/mol. The Bertz CT molecular complexity index is 311. The Kier molecular flexibility index (Phi) is 10.5. The molecule has 0 aromatic carbocycles. The average Bonchev–Trinajstić information content (AvgIpc) is 2.46. The third-order valence-corrected chi connectivity index (χ3v) is 4.61. The van der Waals surface area contributed by atoms with Gasteiger partial charge < -0.3 is 15.4 Å². The van der Waals surface area contributed by atoms with Crippen LogP contribution < -0.4 is 10.6 Å². The summed E-state index contributed by atoms with van der Waals surface area (Å²) >= 11 is 0. The second kappa shape index (κ2) is 10.6. The van der Waals surface area contributed by atoms with Crippen LogP contribution in [0.25, 0.3) is 0 Å². The number of rotatable bonds is 8. The molecule has 126 valence electrons. The Morgan fingerprint density at radius 2 is 2.00 bits per heavy atom. The van der Waals surface area contributed by atoms with Gasteiger partial charge in [0.05, 0.1) is 12.8 Å². The van der Waals surface area contributed by atoms with E-state index in [1.54, 1.807) is 7.05 Å². The first-order chi connectivity index (χ1) is 9.68. The molecule has 1 saturated carbocycles. The molecule has 1 aliphatic carbocycles. The molecule has 0 amide bonds. The van der Waals surface area contributed by atoms with Gasteiger partial charge in [-0.15, -0.1) is 24.0 Å². The third kappa shape index (κ3) is 4.94. The third-order valence-electron chi connectivity index (χ3n) is 4.61. The predicted octanol–water partition coefficient (Wildman–Crippen LogP) is 3.11. The smallest absolute Gasteiger partial charge is 0.191 e. The first-order valence-electron chi connectivity index (χ1n) is 7.83. The fraction of sp³-hybridized carbons (Fsp3) is 0.933. The van der Waals surface area contributed by atoms with Crippen LogP contribution in [0.3, 0.4) is 0 Å². The zero-order valence-electron chi connectivity index (χ0n) is 13.7. The van der Waals surface area contributed by atoms with Crippen LogP contribution in [-0.2, 0) is 4.74 Å². The molecule has 0 saturated heterocycles. The van der Waals surface area contributed by atoms with E-state index in [-0.39, 0.29) is 36.1 Å². The molecule has 0 aromatic rings. The highest BCUT2D eigenvalue weighted by atomic mass is 127. The van der Waals surface area contributed by atoms with Gasteiger partial charge in [0.25, 0.3) is 0 Å². The highest BCUT2D eigenvalue weighted by Crippen LogP contribution is 2.48. The molecule has 0 bridgehead atoms. The molecule has 0 heterocycles. The first kappa shape index (κ1) is 20.9. The van der Waals surface area contributed by atoms with Crippen LogP contribution >= 0.6 is 24.0 Å². The lowest BCUT2D eigenvalue weighted by Crippen LogP contribution is -2.65. The lowest BCUT2D eigenvalue weighted by Gasteiger charge is -2.55. The number of nitrogens with zero attached hydrogens (tertiary/aromatic N) is 1. The molecule has 0 aliphatic heterocycles. The molecular weight excluding hydrogens is 384 g/mol. The fourth-order valence-electron chi connectivity index (χ4n) is 3.22. The van der Waals surface area contributed by atoms with Gasteiger partial charge in [-0.1, -0.05) is 13.8 Å². The Hall–Kier alpha value is -0.110. The maximum atomic E-state index is 12.1. The van der Waals surface area contributed by atoms with Crippen molar-refractivity contribution in [1.29, 1.82) is 0 Å². The molecule has 1 fully saturated rings. The van der Waals surface area contributed by atoms with E-state index < -0.39 is 0 Å². The van der Waals surface area contributed by atoms with E-state index in [0.717, 1.165) is 31.8 Å². The van der Waals surface area contributed by atoms with Crippen molar-refractivity contribution in [3.63, 3.8) is 0 Å². The number of hydrogen-bond donors (Lipinski definition) is 2. The van der Waals surface area contributed by atoms with Crippen molar-refractivity contribution >= 4 is 29.9 Å². The van der Waals surface area contributed by atoms with Crippen LogP contribution in [0.5, 0.6) is 0 Å². The van der Waals surface area contributed by atoms with E-state index in [1.807, 2.05) is 6.92 Å². The molecule has 0 radical (unpaired) electrons. The number of alkyl halides is 1. The van der Waals surface area contributed by atoms with Crippen LogP contribution in [0.1, 0.15) is 46.5 Å². The van der Waals surface area contributed by atoms with Gasteiger partial charge in [0, 0.05) is 31.7 Å². The predicted molar refractivity (Wildman–Crippen MR) is 97.3 cm³/mol. The van der Waals surface area contributed by atoms with Crippen molar-refractivity contribution in [3.8, 4) is 0 Å². The summed E-state index contributed by atoms with van der Waals surface area (Å²) in [6.45, 7) is 7.58. The van der Waals surface area contributed by atoms with Gasteiger partial charge in [0.15, 0.2) is 5.96 Å². The molecule has 2 N–H and O–H groups in total. The number of nitrogens with one attached hydrogen (secondary N) is 2. The van der Waals surface area contributed by atoms with Gasteiger partial charge in [-0.05, 0) is 32.6 Å². The summed E-state index contributed by atoms with van der Waals surface area (Å²) < 4.78 is 18.0. The summed E-state index contributed by atoms with van der Waals surface area (Å²) in [6, 6.07) is 0.380. The quantitative estimate of drug-likeness (QED) is 0.277. The standard InChI is InChI=1S/C15H30FN3O.HI/c1-5-15(6-2)12(11-13(15)20-7-3)19-14(17-4)18-10-8-9-16;/h12-13H,5-11H2,1-4H3,(H2,17,18,19);1H. The van der Waals surface area contributed by atoms with Crippen molar-refractivity contribution in [2.45, 2.75) is 58.6 Å². The Balaban J connectivity index is 0.00000400. The topological polar surface area (TPSA) is 45.6 Å². The average molecular weight is 415 g/mol. The summed E-state index contributed by atoms with van der Waals surface area (Å²) in [5.41, 5.74) is 0.188. The van der Waals surface area contributed by atoms with Crippen LogP contribution in [0.2, 0.25) is 0 Å². The lowest BCUT2D eigenvalue weighted by atomic mass is 9.58. The second-order valence-electron chi connectivity index (χ2n) is 5.36. The number of aliphatic imine (C=N–C) groups is 1. The zero-order chi connectivity index (χ0) is 15.0. The minimum Gasteiger partial charge on any atom is -0.378 e. The van der Waals surface area contributed by atoms with Gasteiger partial charge in [-0.3, -0.25) is 9.38 Å². The van der Waals surface area contributed by atoms with E-state index in [1.165, 1.54) is 0 Å². The van der Waals surface area contributed by atoms with E-state index in [4.69, 9.17) is 4.74 Å². The highest BCUT2D eigenvalue weighted by molar-refractivity contribution is 14.0. The molecule has 6 heteroatoms. The molecule has 1 rings (SSSR count). The maximum absolute atomic E-state index is 12.1. The number of guanidine groups is 1. The number of hydrogen-bond acceptors (Lipinski definition) is 2. The van der Waals surface area contributed by atoms with Crippen molar-refractivity contribution in [2.75, 3.05) is 26.9 Å². The van der Waals surface area contributed by atoms with Crippen molar-refractivity contribution < 1.29 is 9.13 Å². The fourth-order valence-corrected chi connectivity index (χ4v) is 3.22. The number of halogens is 2.